The van der Waals surface area contributed by atoms with Gasteiger partial charge in [0, 0.05) is 0 Å². The van der Waals surface area contributed by atoms with Gasteiger partial charge in [-0.2, -0.15) is 0 Å². The zero-order valence-corrected chi connectivity index (χ0v) is 9.83. The first kappa shape index (κ1) is 14.0. The summed E-state index contributed by atoms with van der Waals surface area (Å²) in [5, 5.41) is 10.7. The monoisotopic (exact) mass is 273 g/mol. The highest BCUT2D eigenvalue weighted by Crippen LogP contribution is 2.27. The van der Waals surface area contributed by atoms with E-state index >= 15 is 0 Å². The van der Waals surface area contributed by atoms with Crippen molar-refractivity contribution in [2.45, 2.75) is 0 Å². The van der Waals surface area contributed by atoms with Crippen LogP contribution in [0.2, 0.25) is 5.02 Å². The predicted octanol–water partition coefficient (Wildman–Crippen LogP) is 2.91. The lowest BCUT2D eigenvalue weighted by molar-refractivity contribution is 0.0698. The zero-order valence-electron chi connectivity index (χ0n) is 9.07. The Hall–Kier alpha value is -2.08. The number of anilines is 1. The number of carboxylic acid groups (broad SMARTS) is 1. The molecule has 7 heteroatoms. The van der Waals surface area contributed by atoms with Crippen LogP contribution in [0.15, 0.2) is 24.8 Å². The van der Waals surface area contributed by atoms with Crippen LogP contribution in [0.1, 0.15) is 10.4 Å². The molecule has 96 valence electrons. The predicted molar refractivity (Wildman–Crippen MR) is 63.5 cm³/mol. The first-order valence-electron chi connectivity index (χ1n) is 4.73. The Bertz CT molecular complexity index is 504. The highest BCUT2D eigenvalue weighted by molar-refractivity contribution is 6.34. The van der Waals surface area contributed by atoms with Gasteiger partial charge in [-0.05, 0) is 12.1 Å². The summed E-state index contributed by atoms with van der Waals surface area (Å²) in [6.07, 6.45) is 0.310. The minimum Gasteiger partial charge on any atom is -0.478 e. The quantitative estimate of drug-likeness (QED) is 0.827. The van der Waals surface area contributed by atoms with Crippen LogP contribution < -0.4 is 5.32 Å². The van der Waals surface area contributed by atoms with Gasteiger partial charge in [-0.1, -0.05) is 24.3 Å². The normalized spacial score (nSPS) is 9.67. The number of carboxylic acids is 1. The van der Waals surface area contributed by atoms with E-state index in [0.717, 1.165) is 12.1 Å². The third-order valence-corrected chi connectivity index (χ3v) is 2.19. The number of hydrogen-bond acceptors (Lipinski definition) is 3. The summed E-state index contributed by atoms with van der Waals surface area (Å²) in [5.41, 5.74) is -1.07. The second-order valence-electron chi connectivity index (χ2n) is 3.10. The highest BCUT2D eigenvalue weighted by Gasteiger charge is 2.20. The maximum absolute atomic E-state index is 13.5. The van der Waals surface area contributed by atoms with Crippen molar-refractivity contribution in [3.05, 3.63) is 41.2 Å². The molecule has 1 aromatic carbocycles. The van der Waals surface area contributed by atoms with E-state index in [-0.39, 0.29) is 11.6 Å². The number of hydrogen-bond donors (Lipinski definition) is 2. The first-order chi connectivity index (χ1) is 8.47. The summed E-state index contributed by atoms with van der Waals surface area (Å²) in [7, 11) is 0. The van der Waals surface area contributed by atoms with Crippen molar-refractivity contribution in [3.63, 3.8) is 0 Å². The van der Waals surface area contributed by atoms with Gasteiger partial charge in [0.05, 0.1) is 10.7 Å². The van der Waals surface area contributed by atoms with Gasteiger partial charge in [-0.25, -0.2) is 14.0 Å². The molecule has 0 bridgehead atoms. The number of carbonyl (C=O) groups is 2. The Morgan fingerprint density at radius 1 is 1.56 bits per heavy atom. The Morgan fingerprint density at radius 3 is 2.78 bits per heavy atom. The molecule has 5 nitrogen and oxygen atoms in total. The summed E-state index contributed by atoms with van der Waals surface area (Å²) in [4.78, 5) is 22.2. The van der Waals surface area contributed by atoms with Crippen molar-refractivity contribution in [2.75, 3.05) is 11.9 Å². The Labute approximate surface area is 107 Å². The van der Waals surface area contributed by atoms with Gasteiger partial charge in [-0.15, -0.1) is 0 Å². The van der Waals surface area contributed by atoms with Gasteiger partial charge in [0.2, 0.25) is 0 Å². The molecule has 1 rings (SSSR count). The second kappa shape index (κ2) is 6.02. The molecule has 0 aliphatic rings. The molecule has 0 radical (unpaired) electrons. The standard InChI is InChI=1S/C11H9ClFNO4/c1-2-5-18-11(17)14-9-7(13)4-3-6(12)8(9)10(15)16/h2-4H,1,5H2,(H,14,17)(H,15,16). The van der Waals surface area contributed by atoms with Crippen molar-refractivity contribution in [3.8, 4) is 0 Å². The van der Waals surface area contributed by atoms with E-state index in [0.29, 0.717) is 0 Å². The molecule has 0 saturated carbocycles. The zero-order chi connectivity index (χ0) is 13.7. The maximum Gasteiger partial charge on any atom is 0.412 e. The molecule has 2 N–H and O–H groups in total. The summed E-state index contributed by atoms with van der Waals surface area (Å²) < 4.78 is 18.0. The number of aromatic carboxylic acids is 1. The Kier molecular flexibility index (Phi) is 4.67. The number of carbonyl (C=O) groups excluding carboxylic acids is 1. The van der Waals surface area contributed by atoms with Crippen molar-refractivity contribution >= 4 is 29.4 Å². The summed E-state index contributed by atoms with van der Waals surface area (Å²) in [6.45, 7) is 3.24. The molecule has 0 spiro atoms. The van der Waals surface area contributed by atoms with E-state index in [4.69, 9.17) is 16.7 Å². The number of ether oxygens (including phenoxy) is 1. The van der Waals surface area contributed by atoms with Crippen LogP contribution in [0.25, 0.3) is 0 Å². The van der Waals surface area contributed by atoms with Gasteiger partial charge in [0.15, 0.2) is 0 Å². The number of nitrogens with one attached hydrogen (secondary N) is 1. The van der Waals surface area contributed by atoms with Crippen LogP contribution in [0.5, 0.6) is 0 Å². The molecule has 0 atom stereocenters. The molecule has 0 aromatic heterocycles. The lowest BCUT2D eigenvalue weighted by atomic mass is 10.1. The molecule has 0 unspecified atom stereocenters. The van der Waals surface area contributed by atoms with Crippen LogP contribution >= 0.6 is 11.6 Å². The smallest absolute Gasteiger partial charge is 0.412 e. The molecule has 18 heavy (non-hydrogen) atoms. The maximum atomic E-state index is 13.5. The second-order valence-corrected chi connectivity index (χ2v) is 3.50. The van der Waals surface area contributed by atoms with E-state index in [1.54, 1.807) is 0 Å². The lowest BCUT2D eigenvalue weighted by Crippen LogP contribution is -2.17. The van der Waals surface area contributed by atoms with Gasteiger partial charge < -0.3 is 9.84 Å². The largest absolute Gasteiger partial charge is 0.478 e. The van der Waals surface area contributed by atoms with Crippen molar-refractivity contribution in [1.29, 1.82) is 0 Å². The molecular formula is C11H9ClFNO4. The van der Waals surface area contributed by atoms with Crippen molar-refractivity contribution in [1.82, 2.24) is 0 Å². The highest BCUT2D eigenvalue weighted by atomic mass is 35.5. The third-order valence-electron chi connectivity index (χ3n) is 1.88. The van der Waals surface area contributed by atoms with Crippen LogP contribution in [0.4, 0.5) is 14.9 Å². The molecule has 0 aliphatic carbocycles. The molecule has 1 amide bonds. The van der Waals surface area contributed by atoms with Crippen LogP contribution in [-0.4, -0.2) is 23.8 Å². The van der Waals surface area contributed by atoms with Crippen LogP contribution in [0, 0.1) is 5.82 Å². The SMILES string of the molecule is C=CCOC(=O)Nc1c(F)ccc(Cl)c1C(=O)O. The minimum atomic E-state index is -1.46. The fourth-order valence-corrected chi connectivity index (χ4v) is 1.39. The Morgan fingerprint density at radius 2 is 2.22 bits per heavy atom. The topological polar surface area (TPSA) is 75.6 Å². The first-order valence-corrected chi connectivity index (χ1v) is 5.11. The number of benzene rings is 1. The molecular weight excluding hydrogens is 265 g/mol. The van der Waals surface area contributed by atoms with E-state index in [9.17, 15) is 14.0 Å². The van der Waals surface area contributed by atoms with Gasteiger partial charge in [0.1, 0.15) is 18.0 Å². The molecule has 0 aliphatic heterocycles. The molecule has 0 fully saturated rings. The summed E-state index contributed by atoms with van der Waals surface area (Å²) in [5.74, 6) is -2.38. The molecule has 0 saturated heterocycles. The summed E-state index contributed by atoms with van der Waals surface area (Å²) >= 11 is 5.63. The van der Waals surface area contributed by atoms with Crippen LogP contribution in [0.3, 0.4) is 0 Å². The third kappa shape index (κ3) is 3.21. The number of halogens is 2. The van der Waals surface area contributed by atoms with E-state index in [2.05, 4.69) is 11.3 Å². The number of amides is 1. The average molecular weight is 274 g/mol. The van der Waals surface area contributed by atoms with Gasteiger partial charge in [-0.3, -0.25) is 5.32 Å². The van der Waals surface area contributed by atoms with Crippen LogP contribution in [-0.2, 0) is 4.74 Å². The summed E-state index contributed by atoms with van der Waals surface area (Å²) in [6, 6.07) is 2.03. The molecule has 0 heterocycles. The van der Waals surface area contributed by atoms with E-state index < -0.39 is 29.1 Å². The van der Waals surface area contributed by atoms with E-state index in [1.807, 2.05) is 5.32 Å². The van der Waals surface area contributed by atoms with E-state index in [1.165, 1.54) is 6.08 Å². The molecule has 1 aromatic rings. The Balaban J connectivity index is 3.07. The fraction of sp³-hybridized carbons (Fsp3) is 0.0909. The van der Waals surface area contributed by atoms with Gasteiger partial charge in [0.25, 0.3) is 0 Å². The van der Waals surface area contributed by atoms with Gasteiger partial charge >= 0.3 is 12.1 Å². The van der Waals surface area contributed by atoms with Crippen molar-refractivity contribution in [2.24, 2.45) is 0 Å². The minimum absolute atomic E-state index is 0.0869. The van der Waals surface area contributed by atoms with Crippen molar-refractivity contribution < 1.29 is 23.8 Å². The lowest BCUT2D eigenvalue weighted by Gasteiger charge is -2.10. The fourth-order valence-electron chi connectivity index (χ4n) is 1.16. The number of rotatable bonds is 4. The average Bonchev–Trinajstić information content (AvgIpc) is 2.30.